The predicted molar refractivity (Wildman–Crippen MR) is 52.2 cm³/mol. The molecule has 0 aliphatic rings. The second-order valence-corrected chi connectivity index (χ2v) is 2.82. The highest BCUT2D eigenvalue weighted by atomic mass is 16.3. The second kappa shape index (κ2) is 5.51. The van der Waals surface area contributed by atoms with Crippen LogP contribution in [0.5, 0.6) is 0 Å². The van der Waals surface area contributed by atoms with Crippen molar-refractivity contribution in [1.82, 2.24) is 0 Å². The number of hydrogen-bond acceptors (Lipinski definition) is 2. The maximum Gasteiger partial charge on any atom is 0.0824 e. The van der Waals surface area contributed by atoms with E-state index in [0.717, 1.165) is 5.56 Å². The summed E-state index contributed by atoms with van der Waals surface area (Å²) in [5.41, 5.74) is 0.907. The lowest BCUT2D eigenvalue weighted by atomic mass is 10.1. The van der Waals surface area contributed by atoms with E-state index in [1.54, 1.807) is 12.2 Å². The fourth-order valence-corrected chi connectivity index (χ4v) is 1.11. The van der Waals surface area contributed by atoms with E-state index in [1.807, 2.05) is 30.3 Å². The standard InChI is InChI=1S/C11H14O2/c12-9-5-4-8-11(13)10-6-2-1-3-7-10/h1-7,11-13H,8-9H2/b5-4-. The summed E-state index contributed by atoms with van der Waals surface area (Å²) in [5.74, 6) is 0. The molecule has 1 unspecified atom stereocenters. The predicted octanol–water partition coefficient (Wildman–Crippen LogP) is 1.66. The van der Waals surface area contributed by atoms with Crippen molar-refractivity contribution >= 4 is 0 Å². The van der Waals surface area contributed by atoms with Gasteiger partial charge in [-0.05, 0) is 12.0 Å². The quantitative estimate of drug-likeness (QED) is 0.688. The van der Waals surface area contributed by atoms with E-state index < -0.39 is 6.10 Å². The first-order valence-electron chi connectivity index (χ1n) is 4.33. The zero-order valence-corrected chi connectivity index (χ0v) is 7.43. The molecular formula is C11H14O2. The third-order valence-electron chi connectivity index (χ3n) is 1.82. The van der Waals surface area contributed by atoms with Gasteiger partial charge in [0.25, 0.3) is 0 Å². The van der Waals surface area contributed by atoms with Gasteiger partial charge in [-0.2, -0.15) is 0 Å². The summed E-state index contributed by atoms with van der Waals surface area (Å²) in [7, 11) is 0. The molecule has 13 heavy (non-hydrogen) atoms. The van der Waals surface area contributed by atoms with E-state index >= 15 is 0 Å². The lowest BCUT2D eigenvalue weighted by molar-refractivity contribution is 0.181. The zero-order chi connectivity index (χ0) is 9.52. The largest absolute Gasteiger partial charge is 0.392 e. The third-order valence-corrected chi connectivity index (χ3v) is 1.82. The highest BCUT2D eigenvalue weighted by molar-refractivity contribution is 5.17. The summed E-state index contributed by atoms with van der Waals surface area (Å²) in [6.07, 6.45) is 3.48. The first-order valence-corrected chi connectivity index (χ1v) is 4.33. The van der Waals surface area contributed by atoms with Gasteiger partial charge in [0.1, 0.15) is 0 Å². The van der Waals surface area contributed by atoms with E-state index in [1.165, 1.54) is 0 Å². The Labute approximate surface area is 78.2 Å². The Balaban J connectivity index is 2.49. The summed E-state index contributed by atoms with van der Waals surface area (Å²) < 4.78 is 0. The third kappa shape index (κ3) is 3.40. The molecule has 0 heterocycles. The van der Waals surface area contributed by atoms with Crippen LogP contribution in [0.1, 0.15) is 18.1 Å². The summed E-state index contributed by atoms with van der Waals surface area (Å²) in [4.78, 5) is 0. The van der Waals surface area contributed by atoms with Crippen LogP contribution in [0.25, 0.3) is 0 Å². The fourth-order valence-electron chi connectivity index (χ4n) is 1.11. The van der Waals surface area contributed by atoms with E-state index in [0.29, 0.717) is 6.42 Å². The molecule has 1 aromatic rings. The summed E-state index contributed by atoms with van der Waals surface area (Å²) in [6.45, 7) is 0.0293. The summed E-state index contributed by atoms with van der Waals surface area (Å²) in [5, 5.41) is 18.1. The van der Waals surface area contributed by atoms with Crippen LogP contribution in [-0.2, 0) is 0 Å². The lowest BCUT2D eigenvalue weighted by Crippen LogP contribution is -1.94. The van der Waals surface area contributed by atoms with Crippen LogP contribution in [0, 0.1) is 0 Å². The Morgan fingerprint density at radius 3 is 2.46 bits per heavy atom. The molecule has 0 bridgehead atoms. The first kappa shape index (κ1) is 9.96. The molecule has 0 amide bonds. The molecule has 0 saturated carbocycles. The molecular weight excluding hydrogens is 164 g/mol. The van der Waals surface area contributed by atoms with Crippen LogP contribution in [0.4, 0.5) is 0 Å². The zero-order valence-electron chi connectivity index (χ0n) is 7.43. The maximum absolute atomic E-state index is 9.61. The Morgan fingerprint density at radius 2 is 1.85 bits per heavy atom. The smallest absolute Gasteiger partial charge is 0.0824 e. The molecule has 2 heteroatoms. The van der Waals surface area contributed by atoms with E-state index in [-0.39, 0.29) is 6.61 Å². The molecule has 2 N–H and O–H groups in total. The summed E-state index contributed by atoms with van der Waals surface area (Å²) >= 11 is 0. The summed E-state index contributed by atoms with van der Waals surface area (Å²) in [6, 6.07) is 9.48. The number of hydrogen-bond donors (Lipinski definition) is 2. The molecule has 70 valence electrons. The average Bonchev–Trinajstić information content (AvgIpc) is 2.19. The van der Waals surface area contributed by atoms with E-state index in [2.05, 4.69) is 0 Å². The van der Waals surface area contributed by atoms with Crippen LogP contribution in [-0.4, -0.2) is 16.8 Å². The van der Waals surface area contributed by atoms with Gasteiger partial charge in [0.05, 0.1) is 12.7 Å². The number of benzene rings is 1. The highest BCUT2D eigenvalue weighted by Crippen LogP contribution is 2.15. The van der Waals surface area contributed by atoms with Crippen LogP contribution in [0.15, 0.2) is 42.5 Å². The van der Waals surface area contributed by atoms with Crippen LogP contribution in [0.3, 0.4) is 0 Å². The maximum atomic E-state index is 9.61. The Kier molecular flexibility index (Phi) is 4.23. The van der Waals surface area contributed by atoms with Gasteiger partial charge in [-0.15, -0.1) is 0 Å². The number of rotatable bonds is 4. The average molecular weight is 178 g/mol. The minimum Gasteiger partial charge on any atom is -0.392 e. The SMILES string of the molecule is OC/C=C\CC(O)c1ccccc1. The van der Waals surface area contributed by atoms with Gasteiger partial charge < -0.3 is 10.2 Å². The number of aliphatic hydroxyl groups excluding tert-OH is 2. The Bertz CT molecular complexity index is 254. The molecule has 0 aliphatic carbocycles. The van der Waals surface area contributed by atoms with Crippen LogP contribution in [0.2, 0.25) is 0 Å². The van der Waals surface area contributed by atoms with Crippen molar-refractivity contribution in [3.05, 3.63) is 48.0 Å². The minimum atomic E-state index is -0.469. The second-order valence-electron chi connectivity index (χ2n) is 2.82. The van der Waals surface area contributed by atoms with Gasteiger partial charge in [0, 0.05) is 0 Å². The molecule has 0 spiro atoms. The molecule has 0 radical (unpaired) electrons. The molecule has 2 nitrogen and oxygen atoms in total. The van der Waals surface area contributed by atoms with Gasteiger partial charge in [-0.1, -0.05) is 42.5 Å². The van der Waals surface area contributed by atoms with Gasteiger partial charge in [0.2, 0.25) is 0 Å². The molecule has 0 fully saturated rings. The topological polar surface area (TPSA) is 40.5 Å². The molecule has 0 aromatic heterocycles. The Morgan fingerprint density at radius 1 is 1.15 bits per heavy atom. The van der Waals surface area contributed by atoms with Crippen molar-refractivity contribution < 1.29 is 10.2 Å². The molecule has 0 saturated heterocycles. The van der Waals surface area contributed by atoms with Crippen molar-refractivity contribution in [2.45, 2.75) is 12.5 Å². The van der Waals surface area contributed by atoms with Crippen LogP contribution >= 0.6 is 0 Å². The Hall–Kier alpha value is -1.12. The normalized spacial score (nSPS) is 13.4. The van der Waals surface area contributed by atoms with Gasteiger partial charge >= 0.3 is 0 Å². The van der Waals surface area contributed by atoms with Gasteiger partial charge in [-0.25, -0.2) is 0 Å². The molecule has 0 aliphatic heterocycles. The van der Waals surface area contributed by atoms with Gasteiger partial charge in [-0.3, -0.25) is 0 Å². The fraction of sp³-hybridized carbons (Fsp3) is 0.273. The van der Waals surface area contributed by atoms with Crippen molar-refractivity contribution in [3.8, 4) is 0 Å². The van der Waals surface area contributed by atoms with Crippen molar-refractivity contribution in [2.24, 2.45) is 0 Å². The van der Waals surface area contributed by atoms with Crippen molar-refractivity contribution in [3.63, 3.8) is 0 Å². The highest BCUT2D eigenvalue weighted by Gasteiger charge is 2.02. The lowest BCUT2D eigenvalue weighted by Gasteiger charge is -2.06. The molecule has 1 aromatic carbocycles. The van der Waals surface area contributed by atoms with E-state index in [9.17, 15) is 5.11 Å². The molecule has 1 atom stereocenters. The monoisotopic (exact) mass is 178 g/mol. The van der Waals surface area contributed by atoms with Crippen LogP contribution < -0.4 is 0 Å². The van der Waals surface area contributed by atoms with E-state index in [4.69, 9.17) is 5.11 Å². The van der Waals surface area contributed by atoms with Gasteiger partial charge in [0.15, 0.2) is 0 Å². The number of aliphatic hydroxyl groups is 2. The van der Waals surface area contributed by atoms with Crippen molar-refractivity contribution in [2.75, 3.05) is 6.61 Å². The van der Waals surface area contributed by atoms with Crippen molar-refractivity contribution in [1.29, 1.82) is 0 Å². The molecule has 1 rings (SSSR count). The first-order chi connectivity index (χ1) is 6.34. The minimum absolute atomic E-state index is 0.0293.